The Bertz CT molecular complexity index is 112. The lowest BCUT2D eigenvalue weighted by molar-refractivity contribution is 0.250. The Hall–Kier alpha value is -1.19. The summed E-state index contributed by atoms with van der Waals surface area (Å²) in [6.45, 7) is 0.406. The zero-order valence-corrected chi connectivity index (χ0v) is 5.26. The normalized spacial score (nSPS) is 9.44. The van der Waals surface area contributed by atoms with E-state index < -0.39 is 6.03 Å². The fourth-order valence-electron chi connectivity index (χ4n) is 0.304. The Balaban J connectivity index is 3.09. The van der Waals surface area contributed by atoms with Gasteiger partial charge in [-0.3, -0.25) is 0 Å². The van der Waals surface area contributed by atoms with Crippen molar-refractivity contribution in [1.82, 2.24) is 5.32 Å². The molecule has 0 saturated heterocycles. The molecule has 52 valence electrons. The van der Waals surface area contributed by atoms with Crippen molar-refractivity contribution in [3.05, 3.63) is 12.3 Å². The second kappa shape index (κ2) is 4.96. The topological polar surface area (TPSA) is 64.3 Å². The molecule has 0 heterocycles. The van der Waals surface area contributed by atoms with Crippen LogP contribution in [-0.4, -0.2) is 19.7 Å². The number of hydrogen-bond donors (Lipinski definition) is 2. The van der Waals surface area contributed by atoms with Gasteiger partial charge in [0.05, 0.1) is 13.4 Å². The number of carbonyl (C=O) groups excluding carboxylic acids is 1. The van der Waals surface area contributed by atoms with Gasteiger partial charge in [-0.05, 0) is 6.08 Å². The number of primary amides is 1. The molecule has 0 aliphatic carbocycles. The smallest absolute Gasteiger partial charge is 0.312 e. The number of urea groups is 1. The molecule has 0 spiro atoms. The molecule has 4 heteroatoms. The number of nitrogens with two attached hydrogens (primary N) is 1. The van der Waals surface area contributed by atoms with E-state index in [4.69, 9.17) is 5.73 Å². The van der Waals surface area contributed by atoms with Gasteiger partial charge in [0.25, 0.3) is 0 Å². The predicted octanol–water partition coefficient (Wildman–Crippen LogP) is -0.185. The minimum atomic E-state index is -0.532. The summed E-state index contributed by atoms with van der Waals surface area (Å²) in [6, 6.07) is -0.532. The van der Waals surface area contributed by atoms with Crippen molar-refractivity contribution in [3.63, 3.8) is 0 Å². The fraction of sp³-hybridized carbons (Fsp3) is 0.400. The summed E-state index contributed by atoms with van der Waals surface area (Å²) in [4.78, 5) is 10.00. The van der Waals surface area contributed by atoms with E-state index in [9.17, 15) is 4.79 Å². The van der Waals surface area contributed by atoms with Crippen molar-refractivity contribution in [2.75, 3.05) is 13.7 Å². The zero-order valence-electron chi connectivity index (χ0n) is 5.26. The minimum Gasteiger partial charge on any atom is -0.505 e. The minimum absolute atomic E-state index is 0.406. The summed E-state index contributed by atoms with van der Waals surface area (Å²) in [5.41, 5.74) is 4.75. The molecule has 0 aromatic carbocycles. The summed E-state index contributed by atoms with van der Waals surface area (Å²) >= 11 is 0. The summed E-state index contributed by atoms with van der Waals surface area (Å²) in [5.74, 6) is 0. The maximum atomic E-state index is 10.00. The van der Waals surface area contributed by atoms with Crippen LogP contribution in [0.25, 0.3) is 0 Å². The number of carbonyl (C=O) groups is 1. The van der Waals surface area contributed by atoms with Crippen molar-refractivity contribution < 1.29 is 9.53 Å². The van der Waals surface area contributed by atoms with Crippen LogP contribution in [0.15, 0.2) is 12.3 Å². The molecule has 0 rings (SSSR count). The maximum absolute atomic E-state index is 10.00. The average Bonchev–Trinajstić information content (AvgIpc) is 1.80. The van der Waals surface area contributed by atoms with Gasteiger partial charge < -0.3 is 15.8 Å². The monoisotopic (exact) mass is 130 g/mol. The van der Waals surface area contributed by atoms with Crippen molar-refractivity contribution in [2.24, 2.45) is 5.73 Å². The Morgan fingerprint density at radius 3 is 3.00 bits per heavy atom. The molecular weight excluding hydrogens is 120 g/mol. The highest BCUT2D eigenvalue weighted by molar-refractivity contribution is 5.71. The van der Waals surface area contributed by atoms with E-state index in [0.717, 1.165) is 0 Å². The molecule has 0 aliphatic heterocycles. The van der Waals surface area contributed by atoms with E-state index in [1.165, 1.54) is 13.4 Å². The summed E-state index contributed by atoms with van der Waals surface area (Å²) in [5, 5.41) is 2.35. The number of nitrogens with one attached hydrogen (secondary N) is 1. The summed E-state index contributed by atoms with van der Waals surface area (Å²) in [6.07, 6.45) is 3.11. The first-order chi connectivity index (χ1) is 4.27. The first-order valence-corrected chi connectivity index (χ1v) is 2.48. The standard InChI is InChI=1S/C5H10N2O2/c1-9-4-2-3-7-5(6)8/h2,4H,3H2,1H3,(H3,6,7,8). The van der Waals surface area contributed by atoms with Gasteiger partial charge >= 0.3 is 6.03 Å². The van der Waals surface area contributed by atoms with Crippen molar-refractivity contribution >= 4 is 6.03 Å². The molecule has 0 aromatic heterocycles. The van der Waals surface area contributed by atoms with E-state index in [1.54, 1.807) is 6.08 Å². The van der Waals surface area contributed by atoms with Crippen molar-refractivity contribution in [3.8, 4) is 0 Å². The third-order valence-electron chi connectivity index (χ3n) is 0.626. The van der Waals surface area contributed by atoms with E-state index >= 15 is 0 Å². The van der Waals surface area contributed by atoms with Crippen LogP contribution < -0.4 is 11.1 Å². The zero-order chi connectivity index (χ0) is 7.11. The number of hydrogen-bond acceptors (Lipinski definition) is 2. The first kappa shape index (κ1) is 7.81. The third kappa shape index (κ3) is 6.81. The molecular formula is C5H10N2O2. The largest absolute Gasteiger partial charge is 0.505 e. The maximum Gasteiger partial charge on any atom is 0.312 e. The Labute approximate surface area is 53.7 Å². The second-order valence-corrected chi connectivity index (χ2v) is 1.35. The van der Waals surface area contributed by atoms with E-state index in [-0.39, 0.29) is 0 Å². The molecule has 0 saturated carbocycles. The Morgan fingerprint density at radius 2 is 2.56 bits per heavy atom. The van der Waals surface area contributed by atoms with Crippen LogP contribution in [0.5, 0.6) is 0 Å². The number of methoxy groups -OCH3 is 1. The highest BCUT2D eigenvalue weighted by Crippen LogP contribution is 1.68. The van der Waals surface area contributed by atoms with Crippen LogP contribution in [-0.2, 0) is 4.74 Å². The average molecular weight is 130 g/mol. The van der Waals surface area contributed by atoms with Crippen LogP contribution in [0.2, 0.25) is 0 Å². The molecule has 0 fully saturated rings. The van der Waals surface area contributed by atoms with Gasteiger partial charge in [-0.2, -0.15) is 0 Å². The molecule has 0 unspecified atom stereocenters. The van der Waals surface area contributed by atoms with Crippen LogP contribution in [0.4, 0.5) is 4.79 Å². The van der Waals surface area contributed by atoms with Gasteiger partial charge in [-0.15, -0.1) is 0 Å². The molecule has 0 radical (unpaired) electrons. The van der Waals surface area contributed by atoms with E-state index in [0.29, 0.717) is 6.54 Å². The molecule has 9 heavy (non-hydrogen) atoms. The molecule has 2 amide bonds. The Morgan fingerprint density at radius 1 is 1.89 bits per heavy atom. The van der Waals surface area contributed by atoms with Crippen LogP contribution in [0.3, 0.4) is 0 Å². The van der Waals surface area contributed by atoms with Crippen molar-refractivity contribution in [1.29, 1.82) is 0 Å². The van der Waals surface area contributed by atoms with E-state index in [1.807, 2.05) is 0 Å². The fourth-order valence-corrected chi connectivity index (χ4v) is 0.304. The quantitative estimate of drug-likeness (QED) is 0.520. The predicted molar refractivity (Wildman–Crippen MR) is 33.7 cm³/mol. The number of ether oxygens (including phenoxy) is 1. The van der Waals surface area contributed by atoms with Gasteiger partial charge in [-0.25, -0.2) is 4.79 Å². The van der Waals surface area contributed by atoms with Gasteiger partial charge in [0.2, 0.25) is 0 Å². The first-order valence-electron chi connectivity index (χ1n) is 2.48. The lowest BCUT2D eigenvalue weighted by atomic mass is 10.6. The molecule has 4 nitrogen and oxygen atoms in total. The molecule has 0 aliphatic rings. The van der Waals surface area contributed by atoms with E-state index in [2.05, 4.69) is 10.1 Å². The second-order valence-electron chi connectivity index (χ2n) is 1.35. The summed E-state index contributed by atoms with van der Waals surface area (Å²) in [7, 11) is 1.53. The van der Waals surface area contributed by atoms with Gasteiger partial charge in [-0.1, -0.05) is 0 Å². The van der Waals surface area contributed by atoms with Gasteiger partial charge in [0.1, 0.15) is 0 Å². The lowest BCUT2D eigenvalue weighted by Gasteiger charge is -1.92. The highest BCUT2D eigenvalue weighted by Gasteiger charge is 1.83. The third-order valence-corrected chi connectivity index (χ3v) is 0.626. The van der Waals surface area contributed by atoms with Crippen LogP contribution in [0.1, 0.15) is 0 Å². The number of rotatable bonds is 3. The Kier molecular flexibility index (Phi) is 4.30. The molecule has 3 N–H and O–H groups in total. The highest BCUT2D eigenvalue weighted by atomic mass is 16.5. The van der Waals surface area contributed by atoms with Crippen molar-refractivity contribution in [2.45, 2.75) is 0 Å². The molecule has 0 bridgehead atoms. The summed E-state index contributed by atoms with van der Waals surface area (Å²) < 4.78 is 4.55. The van der Waals surface area contributed by atoms with Gasteiger partial charge in [0, 0.05) is 6.54 Å². The van der Waals surface area contributed by atoms with Gasteiger partial charge in [0.15, 0.2) is 0 Å². The van der Waals surface area contributed by atoms with Crippen LogP contribution in [0, 0.1) is 0 Å². The number of amides is 2. The lowest BCUT2D eigenvalue weighted by Crippen LogP contribution is -2.29. The molecule has 0 aromatic rings. The molecule has 0 atom stereocenters. The SMILES string of the molecule is COC=CCNC(N)=O. The van der Waals surface area contributed by atoms with Crippen LogP contribution >= 0.6 is 0 Å².